The number of rotatable bonds is 2. The molecule has 0 aromatic carbocycles. The Labute approximate surface area is 172 Å². The first-order valence-corrected chi connectivity index (χ1v) is 10.1. The van der Waals surface area contributed by atoms with Crippen LogP contribution in [0.1, 0.15) is 25.7 Å². The van der Waals surface area contributed by atoms with E-state index in [4.69, 9.17) is 28.1 Å². The van der Waals surface area contributed by atoms with Crippen LogP contribution < -0.4 is 16.4 Å². The van der Waals surface area contributed by atoms with Crippen molar-refractivity contribution in [2.45, 2.75) is 37.8 Å². The molecule has 4 heterocycles. The van der Waals surface area contributed by atoms with Crippen molar-refractivity contribution in [3.8, 4) is 11.3 Å². The van der Waals surface area contributed by atoms with E-state index in [1.165, 1.54) is 0 Å². The zero-order valence-electron chi connectivity index (χ0n) is 15.8. The molecular weight excluding hydrogens is 392 g/mol. The zero-order chi connectivity index (χ0) is 20.2. The van der Waals surface area contributed by atoms with Crippen molar-refractivity contribution >= 4 is 34.4 Å². The van der Waals surface area contributed by atoms with Gasteiger partial charge < -0.3 is 21.5 Å². The first-order valence-electron chi connectivity index (χ1n) is 9.77. The van der Waals surface area contributed by atoms with Crippen LogP contribution in [0.3, 0.4) is 0 Å². The molecule has 1 aliphatic carbocycles. The van der Waals surface area contributed by atoms with Crippen LogP contribution in [0.4, 0.5) is 11.6 Å². The van der Waals surface area contributed by atoms with E-state index in [-0.39, 0.29) is 23.4 Å². The van der Waals surface area contributed by atoms with E-state index in [0.29, 0.717) is 33.9 Å². The lowest BCUT2D eigenvalue weighted by molar-refractivity contribution is 0.141. The predicted octanol–water partition coefficient (Wildman–Crippen LogP) is 1.72. The highest BCUT2D eigenvalue weighted by molar-refractivity contribution is 6.35. The first kappa shape index (κ1) is 18.5. The van der Waals surface area contributed by atoms with Gasteiger partial charge in [0.25, 0.3) is 0 Å². The largest absolute Gasteiger partial charge is 0.393 e. The van der Waals surface area contributed by atoms with E-state index in [1.54, 1.807) is 18.5 Å². The lowest BCUT2D eigenvalue weighted by Gasteiger charge is -2.42. The number of nitrogens with two attached hydrogens (primary N) is 2. The molecule has 1 saturated heterocycles. The Morgan fingerprint density at radius 1 is 1.28 bits per heavy atom. The standard InChI is InChI=1S/C19H23ClN8O/c20-14-11(1-4-23-17(14)22)15-16-18(27-26-15)25-13(9-24-16)28-5-2-19(3-6-28)8-10(29)7-12(19)21/h1,4,9-10,12,29H,2-3,5-8,21H2,(H2,22,23)(H,25,26,27). The van der Waals surface area contributed by atoms with Gasteiger partial charge in [-0.2, -0.15) is 5.10 Å². The minimum atomic E-state index is -0.274. The number of nitrogens with zero attached hydrogens (tertiary/aromatic N) is 5. The van der Waals surface area contributed by atoms with E-state index in [9.17, 15) is 5.11 Å². The summed E-state index contributed by atoms with van der Waals surface area (Å²) in [5.41, 5.74) is 14.7. The van der Waals surface area contributed by atoms with Crippen LogP contribution in [0.25, 0.3) is 22.4 Å². The highest BCUT2D eigenvalue weighted by Gasteiger charge is 2.46. The maximum absolute atomic E-state index is 10.0. The maximum atomic E-state index is 10.0. The second kappa shape index (κ2) is 6.79. The van der Waals surface area contributed by atoms with Crippen LogP contribution in [0.2, 0.25) is 5.02 Å². The average Bonchev–Trinajstić information content (AvgIpc) is 3.24. The minimum absolute atomic E-state index is 0.0466. The second-order valence-electron chi connectivity index (χ2n) is 8.11. The summed E-state index contributed by atoms with van der Waals surface area (Å²) in [5, 5.41) is 17.7. The van der Waals surface area contributed by atoms with Gasteiger partial charge in [-0.15, -0.1) is 0 Å². The summed E-state index contributed by atoms with van der Waals surface area (Å²) in [5.74, 6) is 1.05. The van der Waals surface area contributed by atoms with Gasteiger partial charge in [0.1, 0.15) is 17.2 Å². The number of aromatic amines is 1. The van der Waals surface area contributed by atoms with Crippen molar-refractivity contribution in [2.75, 3.05) is 23.7 Å². The molecule has 1 aliphatic heterocycles. The van der Waals surface area contributed by atoms with Crippen LogP contribution in [-0.2, 0) is 0 Å². The molecule has 6 N–H and O–H groups in total. The number of H-pyrrole nitrogens is 1. The molecule has 3 aromatic heterocycles. The van der Waals surface area contributed by atoms with Gasteiger partial charge in [-0.25, -0.2) is 15.0 Å². The third kappa shape index (κ3) is 3.00. The molecule has 152 valence electrons. The third-order valence-electron chi connectivity index (χ3n) is 6.48. The van der Waals surface area contributed by atoms with Gasteiger partial charge in [0.2, 0.25) is 5.65 Å². The number of nitrogens with one attached hydrogen (secondary N) is 1. The van der Waals surface area contributed by atoms with Gasteiger partial charge in [-0.1, -0.05) is 11.6 Å². The molecule has 0 amide bonds. The Hall–Kier alpha value is -2.49. The highest BCUT2D eigenvalue weighted by Crippen LogP contribution is 2.46. The molecule has 1 saturated carbocycles. The Morgan fingerprint density at radius 3 is 2.79 bits per heavy atom. The summed E-state index contributed by atoms with van der Waals surface area (Å²) in [6.07, 6.45) is 6.48. The first-order chi connectivity index (χ1) is 14.0. The summed E-state index contributed by atoms with van der Waals surface area (Å²) < 4.78 is 0. The molecule has 10 heteroatoms. The molecule has 0 radical (unpaired) electrons. The topological polar surface area (TPSA) is 143 Å². The molecule has 29 heavy (non-hydrogen) atoms. The summed E-state index contributed by atoms with van der Waals surface area (Å²) in [6.45, 7) is 1.68. The number of nitrogen functional groups attached to an aromatic ring is 1. The van der Waals surface area contributed by atoms with E-state index in [0.717, 1.165) is 38.2 Å². The SMILES string of the molecule is Nc1nccc(-c2[nH]nc3nc(N4CCC5(CC4)CC(O)CC5N)cnc23)c1Cl. The van der Waals surface area contributed by atoms with Crippen LogP contribution in [-0.4, -0.2) is 55.5 Å². The quantitative estimate of drug-likeness (QED) is 0.496. The number of aliphatic hydroxyl groups excluding tert-OH is 1. The Morgan fingerprint density at radius 2 is 2.07 bits per heavy atom. The third-order valence-corrected chi connectivity index (χ3v) is 6.87. The summed E-state index contributed by atoms with van der Waals surface area (Å²) in [4.78, 5) is 15.5. The van der Waals surface area contributed by atoms with E-state index in [1.807, 2.05) is 0 Å². The van der Waals surface area contributed by atoms with Gasteiger partial charge in [0.15, 0.2) is 0 Å². The molecule has 2 unspecified atom stereocenters. The number of piperidine rings is 1. The molecule has 3 aromatic rings. The lowest BCUT2D eigenvalue weighted by atomic mass is 9.74. The van der Waals surface area contributed by atoms with Gasteiger partial charge in [-0.3, -0.25) is 5.10 Å². The molecule has 2 fully saturated rings. The monoisotopic (exact) mass is 414 g/mol. The number of aromatic nitrogens is 5. The molecule has 9 nitrogen and oxygen atoms in total. The smallest absolute Gasteiger partial charge is 0.202 e. The van der Waals surface area contributed by atoms with Crippen molar-refractivity contribution in [3.63, 3.8) is 0 Å². The highest BCUT2D eigenvalue weighted by atomic mass is 35.5. The summed E-state index contributed by atoms with van der Waals surface area (Å²) in [6, 6.07) is 1.84. The van der Waals surface area contributed by atoms with E-state index < -0.39 is 0 Å². The molecular formula is C19H23ClN8O. The van der Waals surface area contributed by atoms with Crippen molar-refractivity contribution in [3.05, 3.63) is 23.5 Å². The van der Waals surface area contributed by atoms with E-state index in [2.05, 4.69) is 25.1 Å². The molecule has 5 rings (SSSR count). The van der Waals surface area contributed by atoms with Crippen LogP contribution in [0.5, 0.6) is 0 Å². The minimum Gasteiger partial charge on any atom is -0.393 e. The molecule has 2 atom stereocenters. The van der Waals surface area contributed by atoms with Gasteiger partial charge >= 0.3 is 0 Å². The number of pyridine rings is 1. The van der Waals surface area contributed by atoms with Gasteiger partial charge in [0.05, 0.1) is 23.0 Å². The number of fused-ring (bicyclic) bond motifs is 1. The van der Waals surface area contributed by atoms with Crippen LogP contribution in [0.15, 0.2) is 18.5 Å². The van der Waals surface area contributed by atoms with Crippen molar-refractivity contribution in [2.24, 2.45) is 11.1 Å². The Balaban J connectivity index is 1.40. The lowest BCUT2D eigenvalue weighted by Crippen LogP contribution is -2.47. The molecule has 2 aliphatic rings. The van der Waals surface area contributed by atoms with Crippen molar-refractivity contribution < 1.29 is 5.11 Å². The van der Waals surface area contributed by atoms with Gasteiger partial charge in [0, 0.05) is 30.9 Å². The molecule has 1 spiro atoms. The maximum Gasteiger partial charge on any atom is 0.202 e. The van der Waals surface area contributed by atoms with Gasteiger partial charge in [-0.05, 0) is 37.2 Å². The normalized spacial score (nSPS) is 23.9. The number of aliphatic hydroxyl groups is 1. The van der Waals surface area contributed by atoms with Crippen molar-refractivity contribution in [1.82, 2.24) is 25.1 Å². The van der Waals surface area contributed by atoms with Crippen LogP contribution in [0, 0.1) is 5.41 Å². The number of halogens is 1. The summed E-state index contributed by atoms with van der Waals surface area (Å²) in [7, 11) is 0. The predicted molar refractivity (Wildman–Crippen MR) is 111 cm³/mol. The number of hydrogen-bond acceptors (Lipinski definition) is 8. The number of anilines is 2. The Kier molecular flexibility index (Phi) is 4.34. The van der Waals surface area contributed by atoms with Crippen molar-refractivity contribution in [1.29, 1.82) is 0 Å². The summed E-state index contributed by atoms with van der Waals surface area (Å²) >= 11 is 6.30. The van der Waals surface area contributed by atoms with E-state index >= 15 is 0 Å². The number of hydrogen-bond donors (Lipinski definition) is 4. The average molecular weight is 415 g/mol. The fraction of sp³-hybridized carbons (Fsp3) is 0.474. The Bertz CT molecular complexity index is 1060. The second-order valence-corrected chi connectivity index (χ2v) is 8.48. The molecule has 0 bridgehead atoms. The fourth-order valence-corrected chi connectivity index (χ4v) is 4.99. The fourth-order valence-electron chi connectivity index (χ4n) is 4.78. The van der Waals surface area contributed by atoms with Crippen LogP contribution >= 0.6 is 11.6 Å². The zero-order valence-corrected chi connectivity index (χ0v) is 16.6.